The van der Waals surface area contributed by atoms with Gasteiger partial charge in [-0.2, -0.15) is 13.2 Å². The summed E-state index contributed by atoms with van der Waals surface area (Å²) in [5, 5.41) is 13.1. The molecule has 2 N–H and O–H groups in total. The van der Waals surface area contributed by atoms with Crippen LogP contribution in [-0.2, 0) is 17.5 Å². The number of aliphatic hydroxyl groups is 1. The second-order valence-electron chi connectivity index (χ2n) is 6.54. The second kappa shape index (κ2) is 8.90. The maximum atomic E-state index is 12.9. The standard InChI is InChI=1S/C20H22F3NO3/c1-13(2)17(24-19(26)27-12-14-7-4-3-5-8-14)18(25)15-9-6-10-16(11-15)20(21,22)23/h3-11,13,17-18,25H,12H2,1-2H3,(H,24,26). The molecule has 1 amide bonds. The van der Waals surface area contributed by atoms with Gasteiger partial charge in [-0.1, -0.05) is 56.3 Å². The molecule has 146 valence electrons. The van der Waals surface area contributed by atoms with Gasteiger partial charge in [0.15, 0.2) is 0 Å². The second-order valence-corrected chi connectivity index (χ2v) is 6.54. The van der Waals surface area contributed by atoms with Gasteiger partial charge in [0.1, 0.15) is 6.61 Å². The maximum Gasteiger partial charge on any atom is 0.416 e. The molecule has 27 heavy (non-hydrogen) atoms. The van der Waals surface area contributed by atoms with Crippen LogP contribution in [0.4, 0.5) is 18.0 Å². The van der Waals surface area contributed by atoms with Crippen molar-refractivity contribution in [3.8, 4) is 0 Å². The van der Waals surface area contributed by atoms with E-state index in [1.54, 1.807) is 26.0 Å². The van der Waals surface area contributed by atoms with Gasteiger partial charge < -0.3 is 15.2 Å². The maximum absolute atomic E-state index is 12.9. The minimum Gasteiger partial charge on any atom is -0.445 e. The minimum absolute atomic E-state index is 0.0527. The fourth-order valence-corrected chi connectivity index (χ4v) is 2.62. The molecule has 0 heterocycles. The Morgan fingerprint density at radius 2 is 1.78 bits per heavy atom. The van der Waals surface area contributed by atoms with Gasteiger partial charge in [-0.25, -0.2) is 4.79 Å². The molecular weight excluding hydrogens is 359 g/mol. The van der Waals surface area contributed by atoms with Crippen LogP contribution in [0.5, 0.6) is 0 Å². The van der Waals surface area contributed by atoms with E-state index in [4.69, 9.17) is 4.74 Å². The predicted molar refractivity (Wildman–Crippen MR) is 94.8 cm³/mol. The number of nitrogens with one attached hydrogen (secondary N) is 1. The molecule has 0 spiro atoms. The van der Waals surface area contributed by atoms with Crippen LogP contribution >= 0.6 is 0 Å². The van der Waals surface area contributed by atoms with Crippen molar-refractivity contribution in [1.82, 2.24) is 5.32 Å². The first-order valence-corrected chi connectivity index (χ1v) is 8.51. The molecule has 0 aromatic heterocycles. The van der Waals surface area contributed by atoms with E-state index in [1.165, 1.54) is 12.1 Å². The number of halogens is 3. The van der Waals surface area contributed by atoms with Crippen LogP contribution < -0.4 is 5.32 Å². The zero-order valence-corrected chi connectivity index (χ0v) is 15.0. The number of carbonyl (C=O) groups is 1. The molecule has 2 aromatic carbocycles. The number of alkyl halides is 3. The Morgan fingerprint density at radius 1 is 1.11 bits per heavy atom. The predicted octanol–water partition coefficient (Wildman–Crippen LogP) is 4.69. The van der Waals surface area contributed by atoms with E-state index in [9.17, 15) is 23.1 Å². The average Bonchev–Trinajstić information content (AvgIpc) is 2.64. The van der Waals surface area contributed by atoms with Crippen molar-refractivity contribution in [2.75, 3.05) is 0 Å². The van der Waals surface area contributed by atoms with Gasteiger partial charge in [0.05, 0.1) is 17.7 Å². The largest absolute Gasteiger partial charge is 0.445 e. The quantitative estimate of drug-likeness (QED) is 0.763. The summed E-state index contributed by atoms with van der Waals surface area (Å²) in [5.74, 6) is -0.237. The Hall–Kier alpha value is -2.54. The average molecular weight is 381 g/mol. The molecule has 0 bridgehead atoms. The normalized spacial score (nSPS) is 13.9. The van der Waals surface area contributed by atoms with Gasteiger partial charge in [0, 0.05) is 0 Å². The Labute approximate surface area is 156 Å². The summed E-state index contributed by atoms with van der Waals surface area (Å²) in [6.07, 6.45) is -6.56. The van der Waals surface area contributed by atoms with Crippen LogP contribution in [0.25, 0.3) is 0 Å². The van der Waals surface area contributed by atoms with E-state index in [2.05, 4.69) is 5.32 Å². The highest BCUT2D eigenvalue weighted by atomic mass is 19.4. The lowest BCUT2D eigenvalue weighted by atomic mass is 9.92. The third-order valence-electron chi connectivity index (χ3n) is 4.11. The molecule has 0 saturated carbocycles. The lowest BCUT2D eigenvalue weighted by Gasteiger charge is -2.27. The third kappa shape index (κ3) is 5.99. The number of alkyl carbamates (subject to hydrolysis) is 1. The molecule has 7 heteroatoms. The molecule has 4 nitrogen and oxygen atoms in total. The van der Waals surface area contributed by atoms with Gasteiger partial charge in [-0.05, 0) is 29.2 Å². The lowest BCUT2D eigenvalue weighted by Crippen LogP contribution is -2.43. The summed E-state index contributed by atoms with van der Waals surface area (Å²) in [7, 11) is 0. The van der Waals surface area contributed by atoms with E-state index >= 15 is 0 Å². The van der Waals surface area contributed by atoms with E-state index < -0.39 is 30.0 Å². The Morgan fingerprint density at radius 3 is 2.37 bits per heavy atom. The summed E-state index contributed by atoms with van der Waals surface area (Å²) in [6.45, 7) is 3.55. The molecule has 2 rings (SSSR count). The van der Waals surface area contributed by atoms with Crippen LogP contribution in [0.2, 0.25) is 0 Å². The molecular formula is C20H22F3NO3. The highest BCUT2D eigenvalue weighted by Gasteiger charge is 2.32. The van der Waals surface area contributed by atoms with Crippen molar-refractivity contribution in [3.63, 3.8) is 0 Å². The molecule has 0 aliphatic heterocycles. The Bertz CT molecular complexity index is 748. The van der Waals surface area contributed by atoms with Gasteiger partial charge in [-0.15, -0.1) is 0 Å². The van der Waals surface area contributed by atoms with E-state index in [1.807, 2.05) is 18.2 Å². The molecule has 0 aliphatic rings. The van der Waals surface area contributed by atoms with Crippen molar-refractivity contribution in [2.45, 2.75) is 38.8 Å². The van der Waals surface area contributed by atoms with Crippen LogP contribution in [0, 0.1) is 5.92 Å². The number of amides is 1. The molecule has 0 aliphatic carbocycles. The zero-order valence-electron chi connectivity index (χ0n) is 15.0. The van der Waals surface area contributed by atoms with Crippen LogP contribution in [-0.4, -0.2) is 17.2 Å². The van der Waals surface area contributed by atoms with Gasteiger partial charge in [0.2, 0.25) is 0 Å². The number of benzene rings is 2. The van der Waals surface area contributed by atoms with Crippen LogP contribution in [0.3, 0.4) is 0 Å². The molecule has 0 fully saturated rings. The summed E-state index contributed by atoms with van der Waals surface area (Å²) in [6, 6.07) is 12.7. The Balaban J connectivity index is 2.06. The molecule has 2 aromatic rings. The zero-order chi connectivity index (χ0) is 20.0. The lowest BCUT2D eigenvalue weighted by molar-refractivity contribution is -0.137. The highest BCUT2D eigenvalue weighted by molar-refractivity contribution is 5.67. The van der Waals surface area contributed by atoms with Crippen LogP contribution in [0.1, 0.15) is 36.6 Å². The smallest absolute Gasteiger partial charge is 0.416 e. The minimum atomic E-state index is -4.51. The highest BCUT2D eigenvalue weighted by Crippen LogP contribution is 2.32. The number of hydrogen-bond donors (Lipinski definition) is 2. The van der Waals surface area contributed by atoms with Gasteiger partial charge >= 0.3 is 12.3 Å². The summed E-state index contributed by atoms with van der Waals surface area (Å²) >= 11 is 0. The summed E-state index contributed by atoms with van der Waals surface area (Å²) in [5.41, 5.74) is 0.0206. The molecule has 0 radical (unpaired) electrons. The van der Waals surface area contributed by atoms with E-state index in [0.717, 1.165) is 17.7 Å². The first-order valence-electron chi connectivity index (χ1n) is 8.51. The first kappa shape index (κ1) is 20.8. The van der Waals surface area contributed by atoms with Crippen LogP contribution in [0.15, 0.2) is 54.6 Å². The molecule has 2 atom stereocenters. The topological polar surface area (TPSA) is 58.6 Å². The van der Waals surface area contributed by atoms with Crippen molar-refractivity contribution < 1.29 is 27.8 Å². The fourth-order valence-electron chi connectivity index (χ4n) is 2.62. The number of aliphatic hydroxyl groups excluding tert-OH is 1. The number of hydrogen-bond acceptors (Lipinski definition) is 3. The van der Waals surface area contributed by atoms with Crippen molar-refractivity contribution in [3.05, 3.63) is 71.3 Å². The number of ether oxygens (including phenoxy) is 1. The summed E-state index contributed by atoms with van der Waals surface area (Å²) in [4.78, 5) is 12.1. The van der Waals surface area contributed by atoms with Crippen molar-refractivity contribution in [2.24, 2.45) is 5.92 Å². The summed E-state index contributed by atoms with van der Waals surface area (Å²) < 4.78 is 43.8. The van der Waals surface area contributed by atoms with Gasteiger partial charge in [-0.3, -0.25) is 0 Å². The fraction of sp³-hybridized carbons (Fsp3) is 0.350. The Kier molecular flexibility index (Phi) is 6.85. The monoisotopic (exact) mass is 381 g/mol. The first-order chi connectivity index (χ1) is 12.7. The SMILES string of the molecule is CC(C)C(NC(=O)OCc1ccccc1)C(O)c1cccc(C(F)(F)F)c1. The van der Waals surface area contributed by atoms with Crippen molar-refractivity contribution >= 4 is 6.09 Å². The third-order valence-corrected chi connectivity index (χ3v) is 4.11. The number of carbonyl (C=O) groups excluding carboxylic acids is 1. The van der Waals surface area contributed by atoms with Gasteiger partial charge in [0.25, 0.3) is 0 Å². The van der Waals surface area contributed by atoms with Crippen molar-refractivity contribution in [1.29, 1.82) is 0 Å². The van der Waals surface area contributed by atoms with E-state index in [-0.39, 0.29) is 18.1 Å². The molecule has 0 saturated heterocycles. The molecule has 2 unspecified atom stereocenters. The van der Waals surface area contributed by atoms with E-state index in [0.29, 0.717) is 0 Å². The number of rotatable bonds is 6.